The van der Waals surface area contributed by atoms with Crippen molar-refractivity contribution < 1.29 is 14.5 Å². The number of nitro benzene ring substituents is 1. The number of nitro groups is 1. The third-order valence-electron chi connectivity index (χ3n) is 3.16. The number of rotatable bonds is 7. The first-order chi connectivity index (χ1) is 11.5. The fourth-order valence-corrected chi connectivity index (χ4v) is 2.43. The third-order valence-corrected chi connectivity index (χ3v) is 3.65. The van der Waals surface area contributed by atoms with Crippen LogP contribution >= 0.6 is 15.9 Å². The lowest BCUT2D eigenvalue weighted by molar-refractivity contribution is -0.384. The number of carbonyl (C=O) groups is 1. The maximum Gasteiger partial charge on any atom is 0.293 e. The Morgan fingerprint density at radius 1 is 1.29 bits per heavy atom. The normalized spacial score (nSPS) is 10.2. The lowest BCUT2D eigenvalue weighted by atomic mass is 10.1. The van der Waals surface area contributed by atoms with Crippen LogP contribution in [-0.2, 0) is 4.74 Å². The number of halogens is 1. The van der Waals surface area contributed by atoms with Crippen LogP contribution < -0.4 is 10.6 Å². The van der Waals surface area contributed by atoms with Crippen molar-refractivity contribution in [2.24, 2.45) is 0 Å². The van der Waals surface area contributed by atoms with Gasteiger partial charge < -0.3 is 15.4 Å². The van der Waals surface area contributed by atoms with Gasteiger partial charge in [-0.25, -0.2) is 0 Å². The Morgan fingerprint density at radius 3 is 2.75 bits per heavy atom. The predicted octanol–water partition coefficient (Wildman–Crippen LogP) is 3.67. The summed E-state index contributed by atoms with van der Waals surface area (Å²) in [6.45, 7) is 0.850. The molecule has 0 heterocycles. The van der Waals surface area contributed by atoms with E-state index in [1.165, 1.54) is 18.2 Å². The van der Waals surface area contributed by atoms with Gasteiger partial charge in [-0.1, -0.05) is 22.0 Å². The van der Waals surface area contributed by atoms with Crippen molar-refractivity contribution in [1.82, 2.24) is 0 Å². The maximum atomic E-state index is 12.3. The zero-order chi connectivity index (χ0) is 17.5. The number of amides is 1. The highest BCUT2D eigenvalue weighted by atomic mass is 79.9. The number of anilines is 2. The molecule has 0 unspecified atom stereocenters. The average Bonchev–Trinajstić information content (AvgIpc) is 2.55. The predicted molar refractivity (Wildman–Crippen MR) is 95.6 cm³/mol. The van der Waals surface area contributed by atoms with E-state index in [-0.39, 0.29) is 11.3 Å². The smallest absolute Gasteiger partial charge is 0.293 e. The zero-order valence-corrected chi connectivity index (χ0v) is 14.5. The topological polar surface area (TPSA) is 93.5 Å². The highest BCUT2D eigenvalue weighted by molar-refractivity contribution is 9.10. The number of ether oxygens (including phenoxy) is 1. The molecule has 0 radical (unpaired) electrons. The molecule has 0 aliphatic rings. The lowest BCUT2D eigenvalue weighted by Gasteiger charge is -2.09. The lowest BCUT2D eigenvalue weighted by Crippen LogP contribution is -2.13. The van der Waals surface area contributed by atoms with Crippen LogP contribution in [0.1, 0.15) is 10.4 Å². The van der Waals surface area contributed by atoms with Crippen LogP contribution in [0.3, 0.4) is 0 Å². The summed E-state index contributed by atoms with van der Waals surface area (Å²) in [4.78, 5) is 23.0. The van der Waals surface area contributed by atoms with Crippen molar-refractivity contribution in [3.63, 3.8) is 0 Å². The molecule has 0 fully saturated rings. The third kappa shape index (κ3) is 4.77. The molecule has 24 heavy (non-hydrogen) atoms. The molecular weight excluding hydrogens is 378 g/mol. The Kier molecular flexibility index (Phi) is 6.28. The summed E-state index contributed by atoms with van der Waals surface area (Å²) in [6.07, 6.45) is 0. The first-order valence-electron chi connectivity index (χ1n) is 7.09. The number of methoxy groups -OCH3 is 1. The summed E-state index contributed by atoms with van der Waals surface area (Å²) in [5, 5.41) is 16.8. The minimum Gasteiger partial charge on any atom is -0.383 e. The molecular formula is C16H16BrN3O4. The van der Waals surface area contributed by atoms with E-state index in [9.17, 15) is 14.9 Å². The summed E-state index contributed by atoms with van der Waals surface area (Å²) < 4.78 is 5.72. The Labute approximate surface area is 147 Å². The fraction of sp³-hybridized carbons (Fsp3) is 0.188. The maximum absolute atomic E-state index is 12.3. The van der Waals surface area contributed by atoms with Gasteiger partial charge >= 0.3 is 0 Å². The van der Waals surface area contributed by atoms with E-state index in [2.05, 4.69) is 26.6 Å². The largest absolute Gasteiger partial charge is 0.383 e. The molecule has 7 nitrogen and oxygen atoms in total. The number of benzene rings is 2. The van der Waals surface area contributed by atoms with Gasteiger partial charge in [-0.3, -0.25) is 14.9 Å². The van der Waals surface area contributed by atoms with E-state index in [0.717, 1.165) is 4.47 Å². The van der Waals surface area contributed by atoms with Crippen LogP contribution in [0, 0.1) is 10.1 Å². The Morgan fingerprint density at radius 2 is 2.08 bits per heavy atom. The second-order valence-corrected chi connectivity index (χ2v) is 5.79. The Bertz CT molecular complexity index is 752. The molecule has 0 saturated carbocycles. The van der Waals surface area contributed by atoms with Gasteiger partial charge in [0.25, 0.3) is 11.6 Å². The quantitative estimate of drug-likeness (QED) is 0.425. The number of hydrogen-bond acceptors (Lipinski definition) is 5. The van der Waals surface area contributed by atoms with Crippen molar-refractivity contribution >= 4 is 38.9 Å². The molecule has 0 bridgehead atoms. The summed E-state index contributed by atoms with van der Waals surface area (Å²) in [6, 6.07) is 11.4. The van der Waals surface area contributed by atoms with E-state index in [4.69, 9.17) is 4.74 Å². The molecule has 0 spiro atoms. The molecule has 0 aliphatic carbocycles. The molecule has 126 valence electrons. The van der Waals surface area contributed by atoms with E-state index in [1.807, 2.05) is 6.07 Å². The zero-order valence-electron chi connectivity index (χ0n) is 12.9. The van der Waals surface area contributed by atoms with Gasteiger partial charge in [-0.2, -0.15) is 0 Å². The number of hydrogen-bond donors (Lipinski definition) is 2. The second-order valence-electron chi connectivity index (χ2n) is 4.87. The summed E-state index contributed by atoms with van der Waals surface area (Å²) >= 11 is 3.32. The number of carbonyl (C=O) groups excluding carboxylic acids is 1. The van der Waals surface area contributed by atoms with Gasteiger partial charge in [0.15, 0.2) is 0 Å². The van der Waals surface area contributed by atoms with E-state index in [0.29, 0.717) is 24.5 Å². The highest BCUT2D eigenvalue weighted by Gasteiger charge is 2.17. The van der Waals surface area contributed by atoms with Crippen molar-refractivity contribution in [3.8, 4) is 0 Å². The molecule has 2 aromatic rings. The molecule has 2 aromatic carbocycles. The summed E-state index contributed by atoms with van der Waals surface area (Å²) in [5.41, 5.74) is 0.988. The van der Waals surface area contributed by atoms with Crippen LogP contribution in [0.4, 0.5) is 17.1 Å². The van der Waals surface area contributed by atoms with Crippen LogP contribution in [0.15, 0.2) is 46.9 Å². The van der Waals surface area contributed by atoms with Crippen LogP contribution in [0.25, 0.3) is 0 Å². The number of nitrogens with one attached hydrogen (secondary N) is 2. The minimum absolute atomic E-state index is 0.159. The van der Waals surface area contributed by atoms with Crippen LogP contribution in [0.2, 0.25) is 0 Å². The Hall–Kier alpha value is -2.45. The van der Waals surface area contributed by atoms with Crippen molar-refractivity contribution in [2.75, 3.05) is 30.9 Å². The van der Waals surface area contributed by atoms with Gasteiger partial charge in [-0.05, 0) is 30.3 Å². The fourth-order valence-electron chi connectivity index (χ4n) is 2.03. The highest BCUT2D eigenvalue weighted by Crippen LogP contribution is 2.26. The molecule has 0 saturated heterocycles. The standard InChI is InChI=1S/C16H16BrN3O4/c1-24-8-7-18-14-6-5-11(9-15(14)20(22)23)16(21)19-13-4-2-3-12(17)10-13/h2-6,9-10,18H,7-8H2,1H3,(H,19,21). The molecule has 2 N–H and O–H groups in total. The number of nitrogens with zero attached hydrogens (tertiary/aromatic N) is 1. The first-order valence-corrected chi connectivity index (χ1v) is 7.88. The summed E-state index contributed by atoms with van der Waals surface area (Å²) in [5.74, 6) is -0.417. The molecule has 2 rings (SSSR count). The van der Waals surface area contributed by atoms with Crippen molar-refractivity contribution in [2.45, 2.75) is 0 Å². The van der Waals surface area contributed by atoms with E-state index in [1.54, 1.807) is 25.3 Å². The van der Waals surface area contributed by atoms with Crippen molar-refractivity contribution in [3.05, 3.63) is 62.6 Å². The van der Waals surface area contributed by atoms with Crippen LogP contribution in [-0.4, -0.2) is 31.1 Å². The molecule has 0 aromatic heterocycles. The van der Waals surface area contributed by atoms with Crippen LogP contribution in [0.5, 0.6) is 0 Å². The van der Waals surface area contributed by atoms with Gasteiger partial charge in [0.05, 0.1) is 11.5 Å². The average molecular weight is 394 g/mol. The Balaban J connectivity index is 2.19. The van der Waals surface area contributed by atoms with Crippen molar-refractivity contribution in [1.29, 1.82) is 0 Å². The van der Waals surface area contributed by atoms with E-state index < -0.39 is 10.8 Å². The van der Waals surface area contributed by atoms with Gasteiger partial charge in [0.1, 0.15) is 5.69 Å². The summed E-state index contributed by atoms with van der Waals surface area (Å²) in [7, 11) is 1.55. The van der Waals surface area contributed by atoms with Gasteiger partial charge in [-0.15, -0.1) is 0 Å². The van der Waals surface area contributed by atoms with E-state index >= 15 is 0 Å². The SMILES string of the molecule is COCCNc1ccc(C(=O)Nc2cccc(Br)c2)cc1[N+](=O)[O-]. The minimum atomic E-state index is -0.523. The monoisotopic (exact) mass is 393 g/mol. The molecule has 0 aliphatic heterocycles. The first kappa shape index (κ1) is 17.9. The molecule has 1 amide bonds. The second kappa shape index (κ2) is 8.42. The van der Waals surface area contributed by atoms with Gasteiger partial charge in [0, 0.05) is 35.4 Å². The molecule has 0 atom stereocenters. The van der Waals surface area contributed by atoms with Gasteiger partial charge in [0.2, 0.25) is 0 Å². The molecule has 8 heteroatoms.